The van der Waals surface area contributed by atoms with E-state index in [4.69, 9.17) is 9.90 Å². The fourth-order valence-electron chi connectivity index (χ4n) is 3.25. The molecule has 0 spiro atoms. The van der Waals surface area contributed by atoms with Crippen molar-refractivity contribution in [3.05, 3.63) is 72.7 Å². The molecule has 12 nitrogen and oxygen atoms in total. The smallest absolute Gasteiger partial charge is 0.475 e. The van der Waals surface area contributed by atoms with E-state index < -0.39 is 39.6 Å². The number of alkyl halides is 6. The third kappa shape index (κ3) is 8.79. The van der Waals surface area contributed by atoms with Crippen LogP contribution in [0.1, 0.15) is 11.4 Å². The lowest BCUT2D eigenvalue weighted by atomic mass is 10.2. The van der Waals surface area contributed by atoms with Crippen molar-refractivity contribution in [1.29, 1.82) is 0 Å². The second kappa shape index (κ2) is 12.9. The first-order valence-electron chi connectivity index (χ1n) is 11.6. The van der Waals surface area contributed by atoms with Gasteiger partial charge in [0.1, 0.15) is 28.7 Å². The zero-order valence-electron chi connectivity index (χ0n) is 21.9. The lowest BCUT2D eigenvalue weighted by Crippen LogP contribution is -2.21. The van der Waals surface area contributed by atoms with Crippen LogP contribution in [0.3, 0.4) is 0 Å². The monoisotopic (exact) mass is 630 g/mol. The maximum atomic E-state index is 13.7. The Morgan fingerprint density at radius 1 is 0.884 bits per heavy atom. The Bertz CT molecular complexity index is 1700. The highest BCUT2D eigenvalue weighted by molar-refractivity contribution is 7.89. The van der Waals surface area contributed by atoms with Gasteiger partial charge in [-0.15, -0.1) is 0 Å². The molecular weight excluding hydrogens is 610 g/mol. The molecule has 0 atom stereocenters. The molecule has 19 heteroatoms. The number of carbonyl (C=O) groups is 1. The Morgan fingerprint density at radius 2 is 1.51 bits per heavy atom. The third-order valence-corrected chi connectivity index (χ3v) is 6.59. The van der Waals surface area contributed by atoms with E-state index in [0.29, 0.717) is 23.3 Å². The van der Waals surface area contributed by atoms with E-state index in [2.05, 4.69) is 40.3 Å². The molecule has 0 saturated heterocycles. The molecule has 0 fully saturated rings. The molecule has 0 aliphatic carbocycles. The van der Waals surface area contributed by atoms with Crippen molar-refractivity contribution in [2.24, 2.45) is 0 Å². The van der Waals surface area contributed by atoms with Gasteiger partial charge in [-0.25, -0.2) is 42.9 Å². The van der Waals surface area contributed by atoms with Gasteiger partial charge in [0.2, 0.25) is 10.0 Å². The number of aromatic nitrogens is 5. The van der Waals surface area contributed by atoms with Gasteiger partial charge in [0, 0.05) is 36.3 Å². The zero-order valence-corrected chi connectivity index (χ0v) is 22.7. The number of rotatable bonds is 7. The molecule has 0 amide bonds. The molecule has 43 heavy (non-hydrogen) atoms. The molecule has 3 heterocycles. The minimum absolute atomic E-state index is 0.0350. The molecule has 0 radical (unpaired) electrons. The predicted octanol–water partition coefficient (Wildman–Crippen LogP) is 4.68. The van der Waals surface area contributed by atoms with Crippen LogP contribution < -0.4 is 15.4 Å². The molecular formula is C24H20F6N8O4S. The fraction of sp³-hybridized carbons (Fsp3) is 0.167. The fourth-order valence-corrected chi connectivity index (χ4v) is 4.14. The van der Waals surface area contributed by atoms with Crippen molar-refractivity contribution in [3.63, 3.8) is 0 Å². The van der Waals surface area contributed by atoms with E-state index in [1.54, 1.807) is 25.4 Å². The summed E-state index contributed by atoms with van der Waals surface area (Å²) >= 11 is 0. The summed E-state index contributed by atoms with van der Waals surface area (Å²) in [6, 6.07) is 8.30. The number of para-hydroxylation sites is 1. The number of nitrogens with zero attached hydrogens (tertiary/aromatic N) is 5. The molecule has 0 unspecified atom stereocenters. The largest absolute Gasteiger partial charge is 0.490 e. The lowest BCUT2D eigenvalue weighted by molar-refractivity contribution is -0.192. The number of pyridine rings is 1. The van der Waals surface area contributed by atoms with Gasteiger partial charge >= 0.3 is 18.3 Å². The van der Waals surface area contributed by atoms with Gasteiger partial charge in [0.25, 0.3) is 0 Å². The van der Waals surface area contributed by atoms with Crippen LogP contribution in [-0.2, 0) is 21.0 Å². The van der Waals surface area contributed by atoms with Gasteiger partial charge in [0.05, 0.1) is 22.6 Å². The van der Waals surface area contributed by atoms with E-state index in [1.165, 1.54) is 37.6 Å². The Morgan fingerprint density at radius 3 is 2.09 bits per heavy atom. The molecule has 3 aromatic heterocycles. The van der Waals surface area contributed by atoms with Crippen LogP contribution in [0, 0.1) is 6.92 Å². The van der Waals surface area contributed by atoms with Crippen molar-refractivity contribution >= 4 is 39.0 Å². The van der Waals surface area contributed by atoms with Crippen LogP contribution >= 0.6 is 0 Å². The lowest BCUT2D eigenvalue weighted by Gasteiger charge is -2.18. The Kier molecular flexibility index (Phi) is 9.81. The summed E-state index contributed by atoms with van der Waals surface area (Å²) in [5.74, 6) is -2.05. The Labute approximate surface area is 239 Å². The number of carboxylic acids is 1. The highest BCUT2D eigenvalue weighted by Gasteiger charge is 2.38. The molecule has 4 N–H and O–H groups in total. The molecule has 1 aromatic carbocycles. The number of sulfonamides is 1. The summed E-state index contributed by atoms with van der Waals surface area (Å²) in [4.78, 5) is 29.1. The van der Waals surface area contributed by atoms with Crippen molar-refractivity contribution in [2.75, 3.05) is 17.7 Å². The van der Waals surface area contributed by atoms with Gasteiger partial charge in [-0.1, -0.05) is 12.1 Å². The van der Waals surface area contributed by atoms with Crippen molar-refractivity contribution in [3.8, 4) is 11.3 Å². The second-order valence-corrected chi connectivity index (χ2v) is 10.0. The van der Waals surface area contributed by atoms with Crippen molar-refractivity contribution in [1.82, 2.24) is 29.6 Å². The summed E-state index contributed by atoms with van der Waals surface area (Å²) in [7, 11) is -2.73. The van der Waals surface area contributed by atoms with Crippen LogP contribution in [-0.4, -0.2) is 57.6 Å². The minimum Gasteiger partial charge on any atom is -0.475 e. The number of hydrogen-bond donors (Lipinski definition) is 4. The molecule has 0 aliphatic rings. The Balaban J connectivity index is 0.000000646. The van der Waals surface area contributed by atoms with Crippen LogP contribution in [0.2, 0.25) is 0 Å². The summed E-state index contributed by atoms with van der Waals surface area (Å²) in [6.07, 6.45) is -4.69. The van der Waals surface area contributed by atoms with Gasteiger partial charge in [0.15, 0.2) is 0 Å². The number of benzene rings is 1. The maximum Gasteiger partial charge on any atom is 0.490 e. The summed E-state index contributed by atoms with van der Waals surface area (Å²) in [6.45, 7) is 1.66. The van der Waals surface area contributed by atoms with Gasteiger partial charge < -0.3 is 15.7 Å². The average Bonchev–Trinajstić information content (AvgIpc) is 2.93. The van der Waals surface area contributed by atoms with E-state index >= 15 is 0 Å². The van der Waals surface area contributed by atoms with E-state index in [0.717, 1.165) is 6.07 Å². The van der Waals surface area contributed by atoms with Crippen molar-refractivity contribution < 1.29 is 44.7 Å². The first kappa shape index (κ1) is 32.6. The van der Waals surface area contributed by atoms with Gasteiger partial charge in [-0.05, 0) is 26.1 Å². The van der Waals surface area contributed by atoms with E-state index in [1.807, 2.05) is 0 Å². The number of aliphatic carboxylic acids is 1. The van der Waals surface area contributed by atoms with Crippen LogP contribution in [0.4, 0.5) is 49.4 Å². The highest BCUT2D eigenvalue weighted by atomic mass is 32.2. The number of nitrogens with one attached hydrogen (secondary N) is 3. The third-order valence-electron chi connectivity index (χ3n) is 5.12. The second-order valence-electron chi connectivity index (χ2n) is 8.18. The van der Waals surface area contributed by atoms with Gasteiger partial charge in [-0.3, -0.25) is 0 Å². The molecule has 0 aliphatic heterocycles. The SMILES string of the molecule is CNS(=O)(=O)c1ccccc1Nc1cc(Nc2cc(-c3cncnc3)nc(C)n2)ncc1C(F)(F)F.O=C(O)C(F)(F)F. The summed E-state index contributed by atoms with van der Waals surface area (Å²) < 4.78 is 99.8. The standard InChI is InChI=1S/C22H19F3N8O2S.C2HF3O2/c1-13-30-17(14-9-27-12-28-10-14)7-21(31-13)33-20-8-18(15(11-29-20)22(23,24)25)32-16-5-3-4-6-19(16)36(34,35)26-2;3-2(4,5)1(6)7/h3-12,26H,1-2H3,(H2,29,30,31,32,33);(H,6,7). The van der Waals surface area contributed by atoms with Crippen LogP contribution in [0.5, 0.6) is 0 Å². The molecule has 0 bridgehead atoms. The zero-order chi connectivity index (χ0) is 32.0. The van der Waals surface area contributed by atoms with Gasteiger partial charge in [-0.2, -0.15) is 26.3 Å². The summed E-state index contributed by atoms with van der Waals surface area (Å²) in [5, 5.41) is 12.6. The first-order valence-corrected chi connectivity index (χ1v) is 13.0. The highest BCUT2D eigenvalue weighted by Crippen LogP contribution is 2.38. The normalized spacial score (nSPS) is 11.7. The topological polar surface area (TPSA) is 172 Å². The minimum atomic E-state index is -5.08. The van der Waals surface area contributed by atoms with Crippen LogP contribution in [0.15, 0.2) is 66.2 Å². The number of carboxylic acid groups (broad SMARTS) is 1. The molecule has 4 rings (SSSR count). The van der Waals surface area contributed by atoms with Crippen molar-refractivity contribution in [2.45, 2.75) is 24.2 Å². The molecule has 228 valence electrons. The van der Waals surface area contributed by atoms with E-state index in [9.17, 15) is 34.8 Å². The molecule has 0 saturated carbocycles. The number of aryl methyl sites for hydroxylation is 1. The molecule has 4 aromatic rings. The first-order chi connectivity index (χ1) is 20.0. The average molecular weight is 631 g/mol. The maximum absolute atomic E-state index is 13.7. The number of hydrogen-bond acceptors (Lipinski definition) is 10. The van der Waals surface area contributed by atoms with Crippen LogP contribution in [0.25, 0.3) is 11.3 Å². The Hall–Kier alpha value is -4.91. The number of halogens is 6. The van der Waals surface area contributed by atoms with E-state index in [-0.39, 0.29) is 22.2 Å². The predicted molar refractivity (Wildman–Crippen MR) is 140 cm³/mol. The quantitative estimate of drug-likeness (QED) is 0.209. The number of anilines is 4. The summed E-state index contributed by atoms with van der Waals surface area (Å²) in [5.41, 5.74) is -0.399.